The van der Waals surface area contributed by atoms with Crippen LogP contribution in [0.2, 0.25) is 5.02 Å². The van der Waals surface area contributed by atoms with Gasteiger partial charge in [0.1, 0.15) is 0 Å². The molecule has 7 heteroatoms. The van der Waals surface area contributed by atoms with Crippen molar-refractivity contribution in [1.82, 2.24) is 4.90 Å². The molecule has 0 aromatic heterocycles. The maximum atomic E-state index is 13.9. The number of carboxylic acid groups (broad SMARTS) is 1. The van der Waals surface area contributed by atoms with Gasteiger partial charge >= 0.3 is 6.09 Å². The number of hydrogen-bond acceptors (Lipinski definition) is 2. The van der Waals surface area contributed by atoms with Gasteiger partial charge in [-0.1, -0.05) is 23.7 Å². The third-order valence-corrected chi connectivity index (χ3v) is 4.86. The van der Waals surface area contributed by atoms with Crippen molar-refractivity contribution in [3.63, 3.8) is 0 Å². The van der Waals surface area contributed by atoms with E-state index in [1.54, 1.807) is 24.3 Å². The van der Waals surface area contributed by atoms with E-state index in [0.717, 1.165) is 36.5 Å². The van der Waals surface area contributed by atoms with E-state index in [1.807, 2.05) is 7.05 Å². The molecule has 2 aromatic rings. The summed E-state index contributed by atoms with van der Waals surface area (Å²) < 4.78 is 27.8. The molecule has 0 spiro atoms. The zero-order chi connectivity index (χ0) is 18.8. The Balaban J connectivity index is 2.05. The summed E-state index contributed by atoms with van der Waals surface area (Å²) in [6, 6.07) is 8.59. The standard InChI is InChI=1S/C19H19ClF2N2O2/c1-23-6-5-12(10-23)11-24(19(25)26)18-9-17(22)16(21)8-15(18)13-3-2-4-14(20)7-13/h2-4,7-9,12H,5-6,10-11H2,1H3,(H,25,26). The molecule has 0 saturated carbocycles. The fourth-order valence-electron chi connectivity index (χ4n) is 3.36. The number of benzene rings is 2. The number of rotatable bonds is 4. The van der Waals surface area contributed by atoms with E-state index >= 15 is 0 Å². The van der Waals surface area contributed by atoms with Crippen molar-refractivity contribution in [3.05, 3.63) is 53.1 Å². The summed E-state index contributed by atoms with van der Waals surface area (Å²) in [5.74, 6) is -1.98. The van der Waals surface area contributed by atoms with Gasteiger partial charge in [0.2, 0.25) is 0 Å². The molecule has 1 fully saturated rings. The van der Waals surface area contributed by atoms with Gasteiger partial charge in [-0.15, -0.1) is 0 Å². The molecule has 0 bridgehead atoms. The summed E-state index contributed by atoms with van der Waals surface area (Å²) in [7, 11) is 1.97. The van der Waals surface area contributed by atoms with Crippen LogP contribution in [0.25, 0.3) is 11.1 Å². The zero-order valence-electron chi connectivity index (χ0n) is 14.3. The third kappa shape index (κ3) is 3.97. The quantitative estimate of drug-likeness (QED) is 0.834. The summed E-state index contributed by atoms with van der Waals surface area (Å²) in [5.41, 5.74) is 0.939. The van der Waals surface area contributed by atoms with Gasteiger partial charge < -0.3 is 10.0 Å². The van der Waals surface area contributed by atoms with Crippen molar-refractivity contribution in [2.24, 2.45) is 5.92 Å². The highest BCUT2D eigenvalue weighted by Crippen LogP contribution is 2.35. The van der Waals surface area contributed by atoms with Crippen molar-refractivity contribution in [3.8, 4) is 11.1 Å². The van der Waals surface area contributed by atoms with Crippen LogP contribution in [0.3, 0.4) is 0 Å². The van der Waals surface area contributed by atoms with Gasteiger partial charge in [0.25, 0.3) is 0 Å². The van der Waals surface area contributed by atoms with Gasteiger partial charge in [-0.3, -0.25) is 4.90 Å². The molecule has 1 heterocycles. The summed E-state index contributed by atoms with van der Waals surface area (Å²) in [4.78, 5) is 15.1. The van der Waals surface area contributed by atoms with Gasteiger partial charge in [0.15, 0.2) is 11.6 Å². The SMILES string of the molecule is CN1CCC(CN(C(=O)O)c2cc(F)c(F)cc2-c2cccc(Cl)c2)C1. The van der Waals surface area contributed by atoms with E-state index in [2.05, 4.69) is 4.90 Å². The number of carbonyl (C=O) groups is 1. The molecule has 1 aliphatic rings. The predicted octanol–water partition coefficient (Wildman–Crippen LogP) is 4.72. The number of anilines is 1. The molecule has 1 saturated heterocycles. The molecular weight excluding hydrogens is 362 g/mol. The fourth-order valence-corrected chi connectivity index (χ4v) is 3.55. The Kier molecular flexibility index (Phi) is 5.44. The van der Waals surface area contributed by atoms with E-state index in [4.69, 9.17) is 11.6 Å². The van der Waals surface area contributed by atoms with Crippen LogP contribution < -0.4 is 4.90 Å². The highest BCUT2D eigenvalue weighted by molar-refractivity contribution is 6.30. The minimum atomic E-state index is -1.20. The van der Waals surface area contributed by atoms with Crippen LogP contribution in [-0.4, -0.2) is 42.8 Å². The molecule has 3 rings (SSSR count). The first-order valence-electron chi connectivity index (χ1n) is 8.29. The molecule has 4 nitrogen and oxygen atoms in total. The molecule has 1 amide bonds. The van der Waals surface area contributed by atoms with Crippen molar-refractivity contribution in [2.45, 2.75) is 6.42 Å². The second kappa shape index (κ2) is 7.60. The Labute approximate surface area is 155 Å². The lowest BCUT2D eigenvalue weighted by molar-refractivity contribution is 0.200. The van der Waals surface area contributed by atoms with Crippen molar-refractivity contribution >= 4 is 23.4 Å². The van der Waals surface area contributed by atoms with Crippen molar-refractivity contribution in [1.29, 1.82) is 0 Å². The fraction of sp³-hybridized carbons (Fsp3) is 0.316. The van der Waals surface area contributed by atoms with Crippen LogP contribution in [0.15, 0.2) is 36.4 Å². The van der Waals surface area contributed by atoms with Crippen LogP contribution in [0, 0.1) is 17.6 Å². The maximum absolute atomic E-state index is 13.9. The number of amides is 1. The average molecular weight is 381 g/mol. The number of hydrogen-bond donors (Lipinski definition) is 1. The van der Waals surface area contributed by atoms with Gasteiger partial charge in [-0.25, -0.2) is 13.6 Å². The molecule has 1 atom stereocenters. The van der Waals surface area contributed by atoms with E-state index in [1.165, 1.54) is 0 Å². The molecule has 2 aromatic carbocycles. The Morgan fingerprint density at radius 1 is 1.31 bits per heavy atom. The van der Waals surface area contributed by atoms with Crippen molar-refractivity contribution in [2.75, 3.05) is 31.6 Å². The lowest BCUT2D eigenvalue weighted by atomic mass is 10.0. The Morgan fingerprint density at radius 3 is 2.65 bits per heavy atom. The Hall–Kier alpha value is -2.18. The monoisotopic (exact) mass is 380 g/mol. The second-order valence-electron chi connectivity index (χ2n) is 6.60. The Bertz CT molecular complexity index is 831. The van der Waals surface area contributed by atoms with Gasteiger partial charge in [0.05, 0.1) is 5.69 Å². The average Bonchev–Trinajstić information content (AvgIpc) is 3.00. The molecule has 0 aliphatic carbocycles. The first kappa shape index (κ1) is 18.6. The summed E-state index contributed by atoms with van der Waals surface area (Å²) >= 11 is 6.01. The topological polar surface area (TPSA) is 43.8 Å². The van der Waals surface area contributed by atoms with Crippen LogP contribution in [0.1, 0.15) is 6.42 Å². The Morgan fingerprint density at radius 2 is 2.04 bits per heavy atom. The van der Waals surface area contributed by atoms with Gasteiger partial charge in [-0.05, 0) is 49.7 Å². The minimum Gasteiger partial charge on any atom is -0.465 e. The summed E-state index contributed by atoms with van der Waals surface area (Å²) in [6.45, 7) is 1.87. The molecule has 1 N–H and O–H groups in total. The van der Waals surface area contributed by atoms with Crippen LogP contribution in [0.4, 0.5) is 19.3 Å². The molecule has 138 valence electrons. The van der Waals surface area contributed by atoms with Crippen LogP contribution in [-0.2, 0) is 0 Å². The highest BCUT2D eigenvalue weighted by Gasteiger charge is 2.28. The number of likely N-dealkylation sites (tertiary alicyclic amines) is 1. The zero-order valence-corrected chi connectivity index (χ0v) is 15.0. The van der Waals surface area contributed by atoms with E-state index in [-0.39, 0.29) is 18.2 Å². The summed E-state index contributed by atoms with van der Waals surface area (Å²) in [5, 5.41) is 10.1. The second-order valence-corrected chi connectivity index (χ2v) is 7.04. The van der Waals surface area contributed by atoms with Gasteiger partial charge in [0, 0.05) is 29.7 Å². The van der Waals surface area contributed by atoms with Gasteiger partial charge in [-0.2, -0.15) is 0 Å². The van der Waals surface area contributed by atoms with E-state index in [0.29, 0.717) is 16.1 Å². The first-order valence-corrected chi connectivity index (χ1v) is 8.67. The third-order valence-electron chi connectivity index (χ3n) is 4.63. The van der Waals surface area contributed by atoms with E-state index in [9.17, 15) is 18.7 Å². The summed E-state index contributed by atoms with van der Waals surface area (Å²) in [6.07, 6.45) is -0.343. The molecule has 1 unspecified atom stereocenters. The molecular formula is C19H19ClF2N2O2. The van der Waals surface area contributed by atoms with E-state index < -0.39 is 17.7 Å². The maximum Gasteiger partial charge on any atom is 0.411 e. The molecule has 0 radical (unpaired) electrons. The molecule has 26 heavy (non-hydrogen) atoms. The highest BCUT2D eigenvalue weighted by atomic mass is 35.5. The largest absolute Gasteiger partial charge is 0.465 e. The normalized spacial score (nSPS) is 17.5. The van der Waals surface area contributed by atoms with Crippen LogP contribution >= 0.6 is 11.6 Å². The minimum absolute atomic E-state index is 0.119. The van der Waals surface area contributed by atoms with Crippen LogP contribution in [0.5, 0.6) is 0 Å². The first-order chi connectivity index (χ1) is 12.3. The number of halogens is 3. The lowest BCUT2D eigenvalue weighted by Gasteiger charge is -2.25. The predicted molar refractivity (Wildman–Crippen MR) is 97.8 cm³/mol. The lowest BCUT2D eigenvalue weighted by Crippen LogP contribution is -2.35. The smallest absolute Gasteiger partial charge is 0.411 e. The van der Waals surface area contributed by atoms with Crippen molar-refractivity contribution < 1.29 is 18.7 Å². The number of nitrogens with zero attached hydrogens (tertiary/aromatic N) is 2. The molecule has 1 aliphatic heterocycles.